The van der Waals surface area contributed by atoms with Crippen molar-refractivity contribution in [3.05, 3.63) is 81.5 Å². The normalized spacial score (nSPS) is 20.4. The van der Waals surface area contributed by atoms with E-state index in [1.165, 1.54) is 24.1 Å². The van der Waals surface area contributed by atoms with E-state index in [1.807, 2.05) is 11.8 Å². The lowest BCUT2D eigenvalue weighted by molar-refractivity contribution is -0.139. The maximum Gasteiger partial charge on any atom is 0.416 e. The van der Waals surface area contributed by atoms with Gasteiger partial charge in [-0.25, -0.2) is 9.59 Å². The molecular weight excluding hydrogens is 549 g/mol. The van der Waals surface area contributed by atoms with Crippen LogP contribution in [0.3, 0.4) is 0 Å². The van der Waals surface area contributed by atoms with Gasteiger partial charge in [-0.1, -0.05) is 23.7 Å². The average Bonchev–Trinajstić information content (AvgIpc) is 2.91. The molecule has 4 rings (SSSR count). The predicted molar refractivity (Wildman–Crippen MR) is 143 cm³/mol. The molecule has 2 aliphatic rings. The standard InChI is InChI=1S/C28H30ClF3N4O4/c1-4-40-26(38)23-22(34(3)27(39)33-24(23)18-5-9-20(10-6-18)28(30,31)32)16-35-13-14-36(17(2)15-35)25(37)19-7-11-21(29)12-8-19/h5-12,17,24H,4,13-16H2,1-3H3,(H,33,39). The van der Waals surface area contributed by atoms with E-state index >= 15 is 0 Å². The smallest absolute Gasteiger partial charge is 0.416 e. The molecule has 0 bridgehead atoms. The van der Waals surface area contributed by atoms with Crippen molar-refractivity contribution in [1.29, 1.82) is 0 Å². The van der Waals surface area contributed by atoms with Crippen molar-refractivity contribution in [2.75, 3.05) is 39.8 Å². The summed E-state index contributed by atoms with van der Waals surface area (Å²) in [5.74, 6) is -0.786. The molecule has 2 unspecified atom stereocenters. The van der Waals surface area contributed by atoms with Gasteiger partial charge in [0.2, 0.25) is 0 Å². The van der Waals surface area contributed by atoms with Gasteiger partial charge in [0.05, 0.1) is 23.8 Å². The van der Waals surface area contributed by atoms with Gasteiger partial charge in [0.15, 0.2) is 0 Å². The van der Waals surface area contributed by atoms with E-state index in [4.69, 9.17) is 16.3 Å². The number of nitrogens with zero attached hydrogens (tertiary/aromatic N) is 3. The number of halogens is 4. The van der Waals surface area contributed by atoms with Crippen molar-refractivity contribution in [3.8, 4) is 0 Å². The van der Waals surface area contributed by atoms with Crippen LogP contribution in [-0.4, -0.2) is 78.5 Å². The minimum absolute atomic E-state index is 0.0789. The Kier molecular flexibility index (Phi) is 8.74. The lowest BCUT2D eigenvalue weighted by Crippen LogP contribution is -2.56. The highest BCUT2D eigenvalue weighted by molar-refractivity contribution is 6.30. The molecule has 8 nitrogen and oxygen atoms in total. The number of hydrogen-bond acceptors (Lipinski definition) is 5. The average molecular weight is 579 g/mol. The quantitative estimate of drug-likeness (QED) is 0.502. The maximum absolute atomic E-state index is 13.2. The summed E-state index contributed by atoms with van der Waals surface area (Å²) in [6, 6.07) is 9.35. The van der Waals surface area contributed by atoms with E-state index in [0.717, 1.165) is 12.1 Å². The number of nitrogens with one attached hydrogen (secondary N) is 1. The summed E-state index contributed by atoms with van der Waals surface area (Å²) in [5, 5.41) is 3.25. The van der Waals surface area contributed by atoms with E-state index < -0.39 is 29.8 Å². The topological polar surface area (TPSA) is 82.2 Å². The fourth-order valence-corrected chi connectivity index (χ4v) is 5.09. The van der Waals surface area contributed by atoms with Crippen molar-refractivity contribution < 1.29 is 32.3 Å². The highest BCUT2D eigenvalue weighted by atomic mass is 35.5. The first-order valence-electron chi connectivity index (χ1n) is 12.8. The Labute approximate surface area is 235 Å². The molecule has 40 heavy (non-hydrogen) atoms. The third-order valence-electron chi connectivity index (χ3n) is 7.08. The van der Waals surface area contributed by atoms with Crippen LogP contribution in [0, 0.1) is 0 Å². The molecule has 0 aromatic heterocycles. The molecule has 12 heteroatoms. The molecule has 214 valence electrons. The van der Waals surface area contributed by atoms with Gasteiger partial charge in [0.1, 0.15) is 0 Å². The Morgan fingerprint density at radius 3 is 2.30 bits per heavy atom. The number of rotatable bonds is 6. The first kappa shape index (κ1) is 29.4. The number of esters is 1. The van der Waals surface area contributed by atoms with Gasteiger partial charge in [-0.05, 0) is 55.8 Å². The molecule has 3 amide bonds. The van der Waals surface area contributed by atoms with E-state index in [9.17, 15) is 27.6 Å². The maximum atomic E-state index is 13.2. The lowest BCUT2D eigenvalue weighted by atomic mass is 9.93. The Morgan fingerprint density at radius 2 is 1.73 bits per heavy atom. The third-order valence-corrected chi connectivity index (χ3v) is 7.33. The minimum Gasteiger partial charge on any atom is -0.463 e. The van der Waals surface area contributed by atoms with E-state index in [2.05, 4.69) is 5.32 Å². The van der Waals surface area contributed by atoms with Crippen LogP contribution in [0.4, 0.5) is 18.0 Å². The molecule has 1 saturated heterocycles. The first-order valence-corrected chi connectivity index (χ1v) is 13.2. The molecule has 2 heterocycles. The number of urea groups is 1. The molecule has 1 N–H and O–H groups in total. The second-order valence-corrected chi connectivity index (χ2v) is 10.2. The fourth-order valence-electron chi connectivity index (χ4n) is 4.96. The Morgan fingerprint density at radius 1 is 1.07 bits per heavy atom. The van der Waals surface area contributed by atoms with Crippen molar-refractivity contribution in [1.82, 2.24) is 20.0 Å². The second kappa shape index (κ2) is 11.9. The summed E-state index contributed by atoms with van der Waals surface area (Å²) >= 11 is 5.95. The number of benzene rings is 2. The molecule has 0 spiro atoms. The van der Waals surface area contributed by atoms with Gasteiger partial charge in [0.25, 0.3) is 5.91 Å². The van der Waals surface area contributed by atoms with Gasteiger partial charge in [-0.15, -0.1) is 0 Å². The Bertz CT molecular complexity index is 1300. The molecule has 2 atom stereocenters. The number of carbonyl (C=O) groups is 3. The zero-order valence-electron chi connectivity index (χ0n) is 22.3. The third kappa shape index (κ3) is 6.26. The fraction of sp³-hybridized carbons (Fsp3) is 0.393. The minimum atomic E-state index is -4.52. The molecular formula is C28H30ClF3N4O4. The number of piperazine rings is 1. The van der Waals surface area contributed by atoms with Gasteiger partial charge in [0, 0.05) is 55.6 Å². The number of carbonyl (C=O) groups excluding carboxylic acids is 3. The summed E-state index contributed by atoms with van der Waals surface area (Å²) in [4.78, 5) is 44.3. The van der Waals surface area contributed by atoms with Crippen molar-refractivity contribution in [2.45, 2.75) is 32.1 Å². The van der Waals surface area contributed by atoms with Crippen LogP contribution in [0.1, 0.15) is 41.4 Å². The van der Waals surface area contributed by atoms with Crippen molar-refractivity contribution in [3.63, 3.8) is 0 Å². The molecule has 0 radical (unpaired) electrons. The van der Waals surface area contributed by atoms with Crippen LogP contribution in [0.5, 0.6) is 0 Å². The lowest BCUT2D eigenvalue weighted by Gasteiger charge is -2.42. The summed E-state index contributed by atoms with van der Waals surface area (Å²) in [6.07, 6.45) is -4.52. The van der Waals surface area contributed by atoms with E-state index in [-0.39, 0.29) is 30.7 Å². The van der Waals surface area contributed by atoms with E-state index in [0.29, 0.717) is 41.5 Å². The SMILES string of the molecule is CCOC(=O)C1=C(CN2CCN(C(=O)c3ccc(Cl)cc3)C(C)C2)N(C)C(=O)NC1c1ccc(C(F)(F)F)cc1. The predicted octanol–water partition coefficient (Wildman–Crippen LogP) is 4.72. The Balaban J connectivity index is 1.60. The molecule has 0 aliphatic carbocycles. The van der Waals surface area contributed by atoms with Crippen LogP contribution in [0.15, 0.2) is 59.8 Å². The van der Waals surface area contributed by atoms with Gasteiger partial charge >= 0.3 is 18.2 Å². The number of alkyl halides is 3. The summed E-state index contributed by atoms with van der Waals surface area (Å²) < 4.78 is 44.7. The molecule has 1 fully saturated rings. The number of hydrogen-bond donors (Lipinski definition) is 1. The van der Waals surface area contributed by atoms with Crippen molar-refractivity contribution >= 4 is 29.5 Å². The van der Waals surface area contributed by atoms with Crippen molar-refractivity contribution in [2.24, 2.45) is 0 Å². The molecule has 2 aromatic rings. The van der Waals surface area contributed by atoms with Crippen LogP contribution in [0.25, 0.3) is 0 Å². The van der Waals surface area contributed by atoms with Gasteiger partial charge < -0.3 is 15.0 Å². The molecule has 2 aromatic carbocycles. The largest absolute Gasteiger partial charge is 0.463 e. The van der Waals surface area contributed by atoms with E-state index in [1.54, 1.807) is 36.1 Å². The first-order chi connectivity index (χ1) is 18.9. The van der Waals surface area contributed by atoms with Crippen LogP contribution >= 0.6 is 11.6 Å². The summed E-state index contributed by atoms with van der Waals surface area (Å²) in [6.45, 7) is 5.21. The molecule has 0 saturated carbocycles. The van der Waals surface area contributed by atoms with Gasteiger partial charge in [-0.3, -0.25) is 14.6 Å². The van der Waals surface area contributed by atoms with Gasteiger partial charge in [-0.2, -0.15) is 13.2 Å². The second-order valence-electron chi connectivity index (χ2n) is 9.73. The zero-order valence-corrected chi connectivity index (χ0v) is 23.1. The Hall–Kier alpha value is -3.57. The monoisotopic (exact) mass is 578 g/mol. The number of likely N-dealkylation sites (N-methyl/N-ethyl adjacent to an activating group) is 1. The zero-order chi connectivity index (χ0) is 29.2. The summed E-state index contributed by atoms with van der Waals surface area (Å²) in [7, 11) is 1.52. The number of amides is 3. The number of ether oxygens (including phenoxy) is 1. The van der Waals surface area contributed by atoms with Crippen LogP contribution in [0.2, 0.25) is 5.02 Å². The van der Waals surface area contributed by atoms with Crippen LogP contribution < -0.4 is 5.32 Å². The summed E-state index contributed by atoms with van der Waals surface area (Å²) in [5.41, 5.74) is 0.548. The van der Waals surface area contributed by atoms with Crippen LogP contribution in [-0.2, 0) is 15.7 Å². The highest BCUT2D eigenvalue weighted by Gasteiger charge is 2.39. The highest BCUT2D eigenvalue weighted by Crippen LogP contribution is 2.34. The molecule has 2 aliphatic heterocycles.